The maximum atomic E-state index is 13.5. The van der Waals surface area contributed by atoms with Crippen LogP contribution in [0.1, 0.15) is 132 Å². The summed E-state index contributed by atoms with van der Waals surface area (Å²) in [6.07, 6.45) is 6.48. The van der Waals surface area contributed by atoms with E-state index in [2.05, 4.69) is 55.4 Å². The van der Waals surface area contributed by atoms with Gasteiger partial charge in [0.2, 0.25) is 0 Å². The first-order valence-electron chi connectivity index (χ1n) is 13.1. The zero-order valence-electron chi connectivity index (χ0n) is 22.7. The molecular weight excluding hydrogens is 432 g/mol. The topological polar surface area (TPSA) is 57.5 Å². The molecule has 2 N–H and O–H groups in total. The van der Waals surface area contributed by atoms with Gasteiger partial charge in [-0.2, -0.15) is 0 Å². The van der Waals surface area contributed by atoms with Gasteiger partial charge in [-0.25, -0.2) is 0 Å². The van der Waals surface area contributed by atoms with Gasteiger partial charge in [0.05, 0.1) is 0 Å². The summed E-state index contributed by atoms with van der Waals surface area (Å²) in [5.41, 5.74) is 7.31. The summed E-state index contributed by atoms with van der Waals surface area (Å²) < 4.78 is 0. The Labute approximate surface area is 211 Å². The number of benzene rings is 2. The summed E-state index contributed by atoms with van der Waals surface area (Å²) in [6.45, 7) is 16.6. The molecule has 2 aromatic carbocycles. The molecule has 35 heavy (non-hydrogen) atoms. The highest BCUT2D eigenvalue weighted by molar-refractivity contribution is 6.14. The lowest BCUT2D eigenvalue weighted by Gasteiger charge is -2.20. The third-order valence-corrected chi connectivity index (χ3v) is 7.03. The van der Waals surface area contributed by atoms with Crippen molar-refractivity contribution in [2.24, 2.45) is 0 Å². The van der Waals surface area contributed by atoms with E-state index in [0.717, 1.165) is 63.8 Å². The van der Waals surface area contributed by atoms with Crippen molar-refractivity contribution in [2.75, 3.05) is 0 Å². The Hall–Kier alpha value is -2.81. The van der Waals surface area contributed by atoms with Gasteiger partial charge in [0.25, 0.3) is 0 Å². The SMILES string of the molecule is CC(C)c1cc(/C=C2\CCC/C(=C\c3cc(C(C)C)c(O)c(C(C)C)c3)C2=O)cc(C(C)C)c1O. The third kappa shape index (κ3) is 5.89. The highest BCUT2D eigenvalue weighted by Crippen LogP contribution is 2.38. The van der Waals surface area contributed by atoms with Gasteiger partial charge in [0.1, 0.15) is 11.5 Å². The van der Waals surface area contributed by atoms with Crippen LogP contribution in [0.4, 0.5) is 0 Å². The molecule has 0 unspecified atom stereocenters. The van der Waals surface area contributed by atoms with Crippen molar-refractivity contribution in [2.45, 2.75) is 98.3 Å². The maximum absolute atomic E-state index is 13.5. The summed E-state index contributed by atoms with van der Waals surface area (Å²) in [5.74, 6) is 1.65. The van der Waals surface area contributed by atoms with Gasteiger partial charge in [-0.05, 0) is 113 Å². The molecular formula is C32H42O3. The lowest BCUT2D eigenvalue weighted by Crippen LogP contribution is -2.12. The molecule has 3 nitrogen and oxygen atoms in total. The van der Waals surface area contributed by atoms with E-state index in [9.17, 15) is 15.0 Å². The molecule has 1 aliphatic rings. The van der Waals surface area contributed by atoms with Crippen LogP contribution in [0.5, 0.6) is 11.5 Å². The van der Waals surface area contributed by atoms with Crippen molar-refractivity contribution in [3.8, 4) is 11.5 Å². The molecule has 0 aromatic heterocycles. The Morgan fingerprint density at radius 3 is 1.14 bits per heavy atom. The molecule has 0 aliphatic heterocycles. The summed E-state index contributed by atoms with van der Waals surface area (Å²) in [4.78, 5) is 13.5. The van der Waals surface area contributed by atoms with Gasteiger partial charge in [0, 0.05) is 11.1 Å². The monoisotopic (exact) mass is 474 g/mol. The highest BCUT2D eigenvalue weighted by Gasteiger charge is 2.22. The van der Waals surface area contributed by atoms with Crippen LogP contribution in [0, 0.1) is 0 Å². The average molecular weight is 475 g/mol. The highest BCUT2D eigenvalue weighted by atomic mass is 16.3. The van der Waals surface area contributed by atoms with E-state index in [1.807, 2.05) is 36.4 Å². The second kappa shape index (κ2) is 10.8. The Balaban J connectivity index is 2.04. The number of carbonyl (C=O) groups excluding carboxylic acids is 1. The van der Waals surface area contributed by atoms with Gasteiger partial charge in [-0.1, -0.05) is 55.4 Å². The van der Waals surface area contributed by atoms with Crippen LogP contribution < -0.4 is 0 Å². The van der Waals surface area contributed by atoms with Crippen molar-refractivity contribution in [1.29, 1.82) is 0 Å². The average Bonchev–Trinajstić information content (AvgIpc) is 2.77. The predicted octanol–water partition coefficient (Wildman–Crippen LogP) is 8.81. The molecule has 0 amide bonds. The number of hydrogen-bond donors (Lipinski definition) is 2. The largest absolute Gasteiger partial charge is 0.507 e. The Morgan fingerprint density at radius 2 is 0.886 bits per heavy atom. The van der Waals surface area contributed by atoms with Crippen LogP contribution in [0.15, 0.2) is 35.4 Å². The molecule has 0 radical (unpaired) electrons. The van der Waals surface area contributed by atoms with Crippen LogP contribution in [0.25, 0.3) is 12.2 Å². The molecule has 188 valence electrons. The number of phenolic OH excluding ortho intramolecular Hbond substituents is 2. The number of allylic oxidation sites excluding steroid dienone is 2. The van der Waals surface area contributed by atoms with E-state index in [4.69, 9.17) is 0 Å². The fourth-order valence-corrected chi connectivity index (χ4v) is 4.92. The first kappa shape index (κ1) is 26.8. The zero-order chi connectivity index (χ0) is 26.0. The number of rotatable bonds is 6. The van der Waals surface area contributed by atoms with Crippen LogP contribution in [-0.4, -0.2) is 16.0 Å². The third-order valence-electron chi connectivity index (χ3n) is 7.03. The molecule has 1 aliphatic carbocycles. The van der Waals surface area contributed by atoms with Gasteiger partial charge < -0.3 is 10.2 Å². The van der Waals surface area contributed by atoms with Crippen LogP contribution in [0.3, 0.4) is 0 Å². The number of Topliss-reactive ketones (excluding diaryl/α,β-unsaturated/α-hetero) is 1. The molecule has 0 saturated heterocycles. The van der Waals surface area contributed by atoms with Crippen molar-refractivity contribution in [3.05, 3.63) is 68.8 Å². The quantitative estimate of drug-likeness (QED) is 0.411. The van der Waals surface area contributed by atoms with Gasteiger partial charge in [-0.15, -0.1) is 0 Å². The van der Waals surface area contributed by atoms with Gasteiger partial charge >= 0.3 is 0 Å². The molecule has 3 rings (SSSR count). The fourth-order valence-electron chi connectivity index (χ4n) is 4.92. The minimum absolute atomic E-state index is 0.104. The van der Waals surface area contributed by atoms with Gasteiger partial charge in [-0.3, -0.25) is 4.79 Å². The van der Waals surface area contributed by atoms with Gasteiger partial charge in [0.15, 0.2) is 5.78 Å². The molecule has 1 fully saturated rings. The smallest absolute Gasteiger partial charge is 0.185 e. The molecule has 3 heteroatoms. The fraction of sp³-hybridized carbons (Fsp3) is 0.469. The number of phenols is 2. The number of carbonyl (C=O) groups is 1. The maximum Gasteiger partial charge on any atom is 0.185 e. The number of hydrogen-bond acceptors (Lipinski definition) is 3. The number of aromatic hydroxyl groups is 2. The second-order valence-electron chi connectivity index (χ2n) is 11.2. The zero-order valence-corrected chi connectivity index (χ0v) is 22.7. The predicted molar refractivity (Wildman–Crippen MR) is 147 cm³/mol. The minimum atomic E-state index is 0.104. The van der Waals surface area contributed by atoms with Crippen LogP contribution in [-0.2, 0) is 4.79 Å². The van der Waals surface area contributed by atoms with Crippen LogP contribution >= 0.6 is 0 Å². The van der Waals surface area contributed by atoms with E-state index >= 15 is 0 Å². The van der Waals surface area contributed by atoms with Crippen LogP contribution in [0.2, 0.25) is 0 Å². The molecule has 0 heterocycles. The molecule has 1 saturated carbocycles. The Bertz CT molecular complexity index is 1010. The summed E-state index contributed by atoms with van der Waals surface area (Å²) in [6, 6.07) is 8.09. The number of ketones is 1. The van der Waals surface area contributed by atoms with E-state index in [0.29, 0.717) is 11.5 Å². The second-order valence-corrected chi connectivity index (χ2v) is 11.2. The summed E-state index contributed by atoms with van der Waals surface area (Å²) in [5, 5.41) is 21.5. The summed E-state index contributed by atoms with van der Waals surface area (Å²) >= 11 is 0. The molecule has 0 bridgehead atoms. The standard InChI is InChI=1S/C32H42O3/c1-18(2)26-14-22(15-27(19(3)4)31(26)34)12-24-10-9-11-25(30(24)33)13-23-16-28(20(5)6)32(35)29(17-23)21(7)8/h12-21,34-35H,9-11H2,1-8H3/b24-12+,25-13+. The molecule has 0 atom stereocenters. The van der Waals surface area contributed by atoms with Crippen molar-refractivity contribution >= 4 is 17.9 Å². The van der Waals surface area contributed by atoms with E-state index in [-0.39, 0.29) is 29.5 Å². The normalized spacial score (nSPS) is 17.1. The van der Waals surface area contributed by atoms with Crippen molar-refractivity contribution in [1.82, 2.24) is 0 Å². The summed E-state index contributed by atoms with van der Waals surface area (Å²) in [7, 11) is 0. The lowest BCUT2D eigenvalue weighted by molar-refractivity contribution is -0.112. The molecule has 0 spiro atoms. The molecule has 2 aromatic rings. The first-order chi connectivity index (χ1) is 16.4. The Morgan fingerprint density at radius 1 is 0.600 bits per heavy atom. The van der Waals surface area contributed by atoms with E-state index in [1.54, 1.807) is 0 Å². The Kier molecular flexibility index (Phi) is 8.30. The minimum Gasteiger partial charge on any atom is -0.507 e. The lowest BCUT2D eigenvalue weighted by atomic mass is 9.84. The van der Waals surface area contributed by atoms with Crippen molar-refractivity contribution in [3.63, 3.8) is 0 Å². The first-order valence-corrected chi connectivity index (χ1v) is 13.1. The van der Waals surface area contributed by atoms with E-state index < -0.39 is 0 Å². The van der Waals surface area contributed by atoms with Crippen molar-refractivity contribution < 1.29 is 15.0 Å². The van der Waals surface area contributed by atoms with E-state index in [1.165, 1.54) is 0 Å².